The third kappa shape index (κ3) is 1.51. The van der Waals surface area contributed by atoms with Gasteiger partial charge in [-0.25, -0.2) is 0 Å². The van der Waals surface area contributed by atoms with Crippen molar-refractivity contribution in [3.8, 4) is 0 Å². The highest BCUT2D eigenvalue weighted by atomic mass is 35.5. The summed E-state index contributed by atoms with van der Waals surface area (Å²) in [5.41, 5.74) is 0.872. The Morgan fingerprint density at radius 3 is 2.38 bits per heavy atom. The number of benzene rings is 1. The Bertz CT molecular complexity index is 693. The maximum Gasteiger partial charge on any atom is 0.254 e. The quantitative estimate of drug-likeness (QED) is 0.651. The molecule has 2 bridgehead atoms. The van der Waals surface area contributed by atoms with Crippen LogP contribution in [-0.2, 0) is 19.0 Å². The Kier molecular flexibility index (Phi) is 3.45. The van der Waals surface area contributed by atoms with Crippen LogP contribution < -0.4 is 0 Å². The molecule has 1 saturated heterocycles. The summed E-state index contributed by atoms with van der Waals surface area (Å²) in [6.07, 6.45) is 0.308. The van der Waals surface area contributed by atoms with Crippen LogP contribution in [-0.4, -0.2) is 46.4 Å². The van der Waals surface area contributed by atoms with Crippen LogP contribution in [0.1, 0.15) is 24.5 Å². The summed E-state index contributed by atoms with van der Waals surface area (Å²) in [5.74, 6) is -4.93. The van der Waals surface area contributed by atoms with Crippen LogP contribution in [0.4, 0.5) is 0 Å². The van der Waals surface area contributed by atoms with Crippen molar-refractivity contribution in [3.63, 3.8) is 0 Å². The smallest absolute Gasteiger partial charge is 0.254 e. The molecule has 0 radical (unpaired) electrons. The number of alkyl halides is 2. The van der Waals surface area contributed by atoms with Gasteiger partial charge in [0.1, 0.15) is 0 Å². The molecule has 1 heterocycles. The molecule has 4 rings (SSSR count). The van der Waals surface area contributed by atoms with Crippen LogP contribution in [0.15, 0.2) is 30.3 Å². The molecule has 0 aromatic heterocycles. The Balaban J connectivity index is 1.85. The van der Waals surface area contributed by atoms with Crippen molar-refractivity contribution in [1.29, 1.82) is 0 Å². The zero-order valence-corrected chi connectivity index (χ0v) is 14.8. The molecule has 7 heteroatoms. The second kappa shape index (κ2) is 4.93. The second-order valence-corrected chi connectivity index (χ2v) is 7.91. The van der Waals surface area contributed by atoms with Crippen LogP contribution in [0.25, 0.3) is 0 Å². The summed E-state index contributed by atoms with van der Waals surface area (Å²) >= 11 is 13.5. The summed E-state index contributed by atoms with van der Waals surface area (Å²) < 4.78 is 16.9. The number of ketones is 1. The Morgan fingerprint density at radius 2 is 1.83 bits per heavy atom. The molecule has 1 N–H and O–H groups in total. The van der Waals surface area contributed by atoms with Crippen molar-refractivity contribution >= 4 is 29.0 Å². The normalized spacial score (nSPS) is 45.6. The zero-order chi connectivity index (χ0) is 17.4. The van der Waals surface area contributed by atoms with Gasteiger partial charge in [0.25, 0.3) is 5.79 Å². The van der Waals surface area contributed by atoms with E-state index in [4.69, 9.17) is 37.4 Å². The monoisotopic (exact) mass is 372 g/mol. The van der Waals surface area contributed by atoms with Crippen LogP contribution in [0.3, 0.4) is 0 Å². The molecule has 130 valence electrons. The minimum absolute atomic E-state index is 0.258. The Morgan fingerprint density at radius 1 is 1.21 bits per heavy atom. The lowest BCUT2D eigenvalue weighted by molar-refractivity contribution is -0.307. The van der Waals surface area contributed by atoms with Gasteiger partial charge in [-0.1, -0.05) is 30.3 Å². The van der Waals surface area contributed by atoms with Gasteiger partial charge in [-0.05, 0) is 24.3 Å². The molecule has 1 aromatic carbocycles. The van der Waals surface area contributed by atoms with Crippen LogP contribution in [0.2, 0.25) is 0 Å². The molecule has 24 heavy (non-hydrogen) atoms. The van der Waals surface area contributed by atoms with Gasteiger partial charge in [0.2, 0.25) is 11.6 Å². The number of carbonyl (C=O) groups is 1. The van der Waals surface area contributed by atoms with E-state index in [0.29, 0.717) is 6.42 Å². The van der Waals surface area contributed by atoms with Gasteiger partial charge >= 0.3 is 0 Å². The average molecular weight is 373 g/mol. The maximum atomic E-state index is 13.0. The first kappa shape index (κ1) is 16.8. The first-order valence-electron chi connectivity index (χ1n) is 7.79. The number of halogens is 2. The third-order valence-corrected chi connectivity index (χ3v) is 7.20. The van der Waals surface area contributed by atoms with Crippen LogP contribution in [0, 0.1) is 5.92 Å². The largest absolute Gasteiger partial charge is 0.358 e. The Hall–Kier alpha value is -0.690. The lowest BCUT2D eigenvalue weighted by Crippen LogP contribution is -2.67. The fourth-order valence-electron chi connectivity index (χ4n) is 4.82. The molecule has 0 spiro atoms. The average Bonchev–Trinajstić information content (AvgIpc) is 2.85. The minimum Gasteiger partial charge on any atom is -0.358 e. The molecule has 5 atom stereocenters. The highest BCUT2D eigenvalue weighted by Gasteiger charge is 2.93. The second-order valence-electron chi connectivity index (χ2n) is 6.66. The number of carbonyl (C=O) groups excluding carboxylic acids is 1. The minimum atomic E-state index is -2.27. The van der Waals surface area contributed by atoms with E-state index in [9.17, 15) is 9.90 Å². The van der Waals surface area contributed by atoms with E-state index in [0.717, 1.165) is 5.56 Å². The SMILES string of the molecule is COC1(OC)[C@@]2(Cl)C[C@@H]3CC(c4ccccc4)O[C@](O)(C2=O)[C@@]31Cl. The van der Waals surface area contributed by atoms with E-state index in [1.54, 1.807) is 0 Å². The number of methoxy groups -OCH3 is 2. The van der Waals surface area contributed by atoms with E-state index in [1.165, 1.54) is 14.2 Å². The molecule has 3 fully saturated rings. The van der Waals surface area contributed by atoms with Gasteiger partial charge in [0.05, 0.1) is 6.10 Å². The van der Waals surface area contributed by atoms with Gasteiger partial charge in [0, 0.05) is 14.2 Å². The standard InChI is InChI=1S/C17H18Cl2O5/c1-22-17(23-2)14(18)9-11-8-12(10-6-4-3-5-7-10)24-16(21,13(14)20)15(11,17)19/h3-7,11-12,21H,8-9H2,1-2H3/t11-,12?,14+,15-,16+/m0/s1. The summed E-state index contributed by atoms with van der Waals surface area (Å²) in [7, 11) is 2.74. The van der Waals surface area contributed by atoms with E-state index in [1.807, 2.05) is 30.3 Å². The molecular weight excluding hydrogens is 355 g/mol. The number of hydrogen-bond donors (Lipinski definition) is 1. The highest BCUT2D eigenvalue weighted by Crippen LogP contribution is 2.73. The van der Waals surface area contributed by atoms with Gasteiger partial charge in [-0.2, -0.15) is 0 Å². The first-order valence-corrected chi connectivity index (χ1v) is 8.54. The van der Waals surface area contributed by atoms with Crippen LogP contribution in [0.5, 0.6) is 0 Å². The number of rotatable bonds is 3. The molecule has 1 unspecified atom stereocenters. The van der Waals surface area contributed by atoms with E-state index in [-0.39, 0.29) is 12.3 Å². The first-order chi connectivity index (χ1) is 11.3. The topological polar surface area (TPSA) is 65.0 Å². The van der Waals surface area contributed by atoms with Gasteiger partial charge in [0.15, 0.2) is 9.75 Å². The molecule has 0 amide bonds. The number of fused-ring (bicyclic) bond motifs is 1. The van der Waals surface area contributed by atoms with Crippen molar-refractivity contribution < 1.29 is 24.1 Å². The predicted molar refractivity (Wildman–Crippen MR) is 86.9 cm³/mol. The van der Waals surface area contributed by atoms with Gasteiger partial charge < -0.3 is 19.3 Å². The highest BCUT2D eigenvalue weighted by molar-refractivity contribution is 6.44. The van der Waals surface area contributed by atoms with E-state index in [2.05, 4.69) is 0 Å². The van der Waals surface area contributed by atoms with Gasteiger partial charge in [-0.15, -0.1) is 23.2 Å². The van der Waals surface area contributed by atoms with Crippen molar-refractivity contribution in [2.75, 3.05) is 14.2 Å². The molecule has 2 saturated carbocycles. The molecule has 5 nitrogen and oxygen atoms in total. The molecule has 3 aliphatic rings. The summed E-state index contributed by atoms with van der Waals surface area (Å²) in [4.78, 5) is 9.80. The van der Waals surface area contributed by atoms with Crippen molar-refractivity contribution in [2.45, 2.75) is 40.3 Å². The zero-order valence-electron chi connectivity index (χ0n) is 13.3. The lowest BCUT2D eigenvalue weighted by atomic mass is 9.75. The van der Waals surface area contributed by atoms with Gasteiger partial charge in [-0.3, -0.25) is 4.79 Å². The molecular formula is C17H18Cl2O5. The summed E-state index contributed by atoms with van der Waals surface area (Å²) in [5, 5.41) is 11.2. The molecule has 1 aromatic rings. The van der Waals surface area contributed by atoms with Crippen molar-refractivity contribution in [3.05, 3.63) is 35.9 Å². The summed E-state index contributed by atoms with van der Waals surface area (Å²) in [6, 6.07) is 9.43. The fraction of sp³-hybridized carbons (Fsp3) is 0.588. The number of hydrogen-bond acceptors (Lipinski definition) is 5. The third-order valence-electron chi connectivity index (χ3n) is 5.81. The number of ether oxygens (including phenoxy) is 3. The fourth-order valence-corrected chi connectivity index (χ4v) is 6.10. The molecule has 1 aliphatic heterocycles. The predicted octanol–water partition coefficient (Wildman–Crippen LogP) is 2.38. The number of aliphatic hydroxyl groups is 1. The van der Waals surface area contributed by atoms with Crippen molar-refractivity contribution in [2.24, 2.45) is 5.92 Å². The van der Waals surface area contributed by atoms with E-state index >= 15 is 0 Å². The lowest BCUT2D eigenvalue weighted by Gasteiger charge is -2.50. The Labute approximate surface area is 149 Å². The maximum absolute atomic E-state index is 13.0. The van der Waals surface area contributed by atoms with Crippen molar-refractivity contribution in [1.82, 2.24) is 0 Å². The van der Waals surface area contributed by atoms with Crippen LogP contribution >= 0.6 is 23.2 Å². The van der Waals surface area contributed by atoms with E-state index < -0.39 is 33.2 Å². The number of Topliss-reactive ketones (excluding diaryl/α,β-unsaturated/α-hetero) is 1. The molecule has 2 aliphatic carbocycles. The summed E-state index contributed by atoms with van der Waals surface area (Å²) in [6.45, 7) is 0.